The molecular weight excluding hydrogens is 407 g/mol. The molecule has 2 aromatic heterocycles. The van der Waals surface area contributed by atoms with E-state index in [9.17, 15) is 21.6 Å². The summed E-state index contributed by atoms with van der Waals surface area (Å²) < 4.78 is 66.5. The molecule has 0 spiro atoms. The lowest BCUT2D eigenvalue weighted by molar-refractivity contribution is -0.141. The van der Waals surface area contributed by atoms with Crippen molar-refractivity contribution in [1.82, 2.24) is 19.1 Å². The summed E-state index contributed by atoms with van der Waals surface area (Å²) in [6, 6.07) is 4.00. The Hall–Kier alpha value is -2.14. The number of hydrogen-bond donors (Lipinski definition) is 0. The van der Waals surface area contributed by atoms with Crippen LogP contribution >= 0.6 is 0 Å². The monoisotopic (exact) mass is 429 g/mol. The average Bonchev–Trinajstić information content (AvgIpc) is 3.40. The summed E-state index contributed by atoms with van der Waals surface area (Å²) >= 11 is 0. The number of aromatic nitrogens is 3. The molecule has 0 bridgehead atoms. The van der Waals surface area contributed by atoms with Crippen molar-refractivity contribution in [3.05, 3.63) is 36.3 Å². The summed E-state index contributed by atoms with van der Waals surface area (Å²) in [7, 11) is -3.52. The summed E-state index contributed by atoms with van der Waals surface area (Å²) in [5.41, 5.74) is -0.899. The first-order chi connectivity index (χ1) is 13.7. The van der Waals surface area contributed by atoms with Gasteiger partial charge in [-0.2, -0.15) is 22.6 Å². The van der Waals surface area contributed by atoms with Crippen molar-refractivity contribution >= 4 is 15.8 Å². The molecular formula is C18H22F3N5O2S. The molecule has 4 rings (SSSR count). The van der Waals surface area contributed by atoms with Crippen LogP contribution < -0.4 is 4.90 Å². The highest BCUT2D eigenvalue weighted by Gasteiger charge is 2.35. The van der Waals surface area contributed by atoms with Gasteiger partial charge in [0.15, 0.2) is 5.69 Å². The molecule has 2 aliphatic heterocycles. The van der Waals surface area contributed by atoms with Crippen LogP contribution in [0.25, 0.3) is 0 Å². The maximum absolute atomic E-state index is 12.8. The molecule has 0 amide bonds. The molecule has 0 N–H and O–H groups in total. The van der Waals surface area contributed by atoms with Crippen molar-refractivity contribution in [2.45, 2.75) is 42.8 Å². The molecule has 29 heavy (non-hydrogen) atoms. The zero-order chi connectivity index (χ0) is 20.6. The van der Waals surface area contributed by atoms with E-state index in [0.717, 1.165) is 31.7 Å². The number of halogens is 3. The van der Waals surface area contributed by atoms with Gasteiger partial charge in [0.2, 0.25) is 10.0 Å². The molecule has 2 fully saturated rings. The normalized spacial score (nSPS) is 21.6. The van der Waals surface area contributed by atoms with E-state index < -0.39 is 21.9 Å². The number of alkyl halides is 3. The minimum absolute atomic E-state index is 0.165. The van der Waals surface area contributed by atoms with Crippen LogP contribution in [0.15, 0.2) is 35.5 Å². The predicted molar refractivity (Wildman–Crippen MR) is 99.9 cm³/mol. The maximum atomic E-state index is 12.8. The Morgan fingerprint density at radius 2 is 1.79 bits per heavy atom. The van der Waals surface area contributed by atoms with E-state index in [1.54, 1.807) is 12.1 Å². The highest BCUT2D eigenvalue weighted by molar-refractivity contribution is 7.89. The van der Waals surface area contributed by atoms with Crippen molar-refractivity contribution in [3.63, 3.8) is 0 Å². The fourth-order valence-corrected chi connectivity index (χ4v) is 5.32. The van der Waals surface area contributed by atoms with Gasteiger partial charge in [-0.3, -0.25) is 4.68 Å². The number of piperidine rings is 1. The molecule has 7 nitrogen and oxygen atoms in total. The largest absolute Gasteiger partial charge is 0.435 e. The molecule has 0 saturated carbocycles. The molecule has 1 unspecified atom stereocenters. The Kier molecular flexibility index (Phi) is 5.28. The van der Waals surface area contributed by atoms with Crippen molar-refractivity contribution in [1.29, 1.82) is 0 Å². The van der Waals surface area contributed by atoms with Gasteiger partial charge >= 0.3 is 6.18 Å². The molecule has 0 aliphatic carbocycles. The minimum atomic E-state index is -4.46. The Morgan fingerprint density at radius 1 is 1.03 bits per heavy atom. The lowest BCUT2D eigenvalue weighted by Gasteiger charge is -2.33. The highest BCUT2D eigenvalue weighted by atomic mass is 32.2. The first-order valence-electron chi connectivity index (χ1n) is 9.59. The van der Waals surface area contributed by atoms with Gasteiger partial charge in [-0.05, 0) is 43.9 Å². The van der Waals surface area contributed by atoms with E-state index in [0.29, 0.717) is 32.0 Å². The van der Waals surface area contributed by atoms with Crippen LogP contribution in [0.4, 0.5) is 19.0 Å². The summed E-state index contributed by atoms with van der Waals surface area (Å²) in [6.45, 7) is 2.22. The van der Waals surface area contributed by atoms with Gasteiger partial charge in [-0.1, -0.05) is 0 Å². The van der Waals surface area contributed by atoms with Gasteiger partial charge < -0.3 is 4.90 Å². The van der Waals surface area contributed by atoms with E-state index in [2.05, 4.69) is 10.1 Å². The summed E-state index contributed by atoms with van der Waals surface area (Å²) in [6.07, 6.45) is 1.49. The van der Waals surface area contributed by atoms with Gasteiger partial charge in [0.05, 0.1) is 6.04 Å². The van der Waals surface area contributed by atoms with Gasteiger partial charge in [0.1, 0.15) is 10.7 Å². The number of sulfonamides is 1. The smallest absolute Gasteiger partial charge is 0.354 e. The number of rotatable bonds is 4. The number of anilines is 1. The third-order valence-corrected chi connectivity index (χ3v) is 7.30. The van der Waals surface area contributed by atoms with Crippen LogP contribution in [0, 0.1) is 0 Å². The summed E-state index contributed by atoms with van der Waals surface area (Å²) in [5.74, 6) is 0.610. The quantitative estimate of drug-likeness (QED) is 0.748. The Bertz CT molecular complexity index is 953. The topological polar surface area (TPSA) is 71.3 Å². The van der Waals surface area contributed by atoms with Crippen molar-refractivity contribution in [2.24, 2.45) is 0 Å². The standard InChI is InChI=1S/C18H22F3N5O2S/c19-18(20,21)16-7-11-26(23-16)14-4-3-8-24(13-14)17-6-5-15(12-22-17)29(27,28)25-9-1-2-10-25/h5-7,11-12,14H,1-4,8-10,13H2. The molecule has 11 heteroatoms. The Morgan fingerprint density at radius 3 is 2.41 bits per heavy atom. The SMILES string of the molecule is O=S(=O)(c1ccc(N2CCCC(n3ccc(C(F)(F)F)n3)C2)nc1)N1CCCC1. The van der Waals surface area contributed by atoms with Gasteiger partial charge in [-0.25, -0.2) is 13.4 Å². The lowest BCUT2D eigenvalue weighted by Crippen LogP contribution is -2.37. The van der Waals surface area contributed by atoms with Crippen LogP contribution in [-0.4, -0.2) is 53.7 Å². The van der Waals surface area contributed by atoms with Gasteiger partial charge in [0, 0.05) is 38.6 Å². The summed E-state index contributed by atoms with van der Waals surface area (Å²) in [4.78, 5) is 6.44. The van der Waals surface area contributed by atoms with Crippen molar-refractivity contribution < 1.29 is 21.6 Å². The fraction of sp³-hybridized carbons (Fsp3) is 0.556. The zero-order valence-corrected chi connectivity index (χ0v) is 16.5. The number of nitrogens with zero attached hydrogens (tertiary/aromatic N) is 5. The molecule has 158 valence electrons. The van der Waals surface area contributed by atoms with Gasteiger partial charge in [0.25, 0.3) is 0 Å². The van der Waals surface area contributed by atoms with Crippen LogP contribution in [0.1, 0.15) is 37.4 Å². The number of pyridine rings is 1. The second-order valence-electron chi connectivity index (χ2n) is 7.38. The van der Waals surface area contributed by atoms with Crippen LogP contribution in [0.5, 0.6) is 0 Å². The van der Waals surface area contributed by atoms with Crippen LogP contribution in [-0.2, 0) is 16.2 Å². The van der Waals surface area contributed by atoms with Crippen molar-refractivity contribution in [3.8, 4) is 0 Å². The molecule has 0 radical (unpaired) electrons. The highest BCUT2D eigenvalue weighted by Crippen LogP contribution is 2.30. The maximum Gasteiger partial charge on any atom is 0.435 e. The van der Waals surface area contributed by atoms with Crippen molar-refractivity contribution in [2.75, 3.05) is 31.1 Å². The first-order valence-corrected chi connectivity index (χ1v) is 11.0. The molecule has 4 heterocycles. The Labute approximate surface area is 167 Å². The van der Waals surface area contributed by atoms with Crippen LogP contribution in [0.2, 0.25) is 0 Å². The molecule has 2 aliphatic rings. The molecule has 2 aromatic rings. The van der Waals surface area contributed by atoms with E-state index >= 15 is 0 Å². The van der Waals surface area contributed by atoms with E-state index in [1.807, 2.05) is 4.90 Å². The number of hydrogen-bond acceptors (Lipinski definition) is 5. The third kappa shape index (κ3) is 4.11. The molecule has 2 saturated heterocycles. The predicted octanol–water partition coefficient (Wildman–Crippen LogP) is 2.92. The third-order valence-electron chi connectivity index (χ3n) is 5.42. The fourth-order valence-electron chi connectivity index (χ4n) is 3.86. The average molecular weight is 429 g/mol. The van der Waals surface area contributed by atoms with Gasteiger partial charge in [-0.15, -0.1) is 0 Å². The zero-order valence-electron chi connectivity index (χ0n) is 15.7. The van der Waals surface area contributed by atoms with E-state index in [4.69, 9.17) is 0 Å². The lowest BCUT2D eigenvalue weighted by atomic mass is 10.1. The minimum Gasteiger partial charge on any atom is -0.354 e. The van der Waals surface area contributed by atoms with E-state index in [-0.39, 0.29) is 10.9 Å². The van der Waals surface area contributed by atoms with Crippen LogP contribution in [0.3, 0.4) is 0 Å². The van der Waals surface area contributed by atoms with E-state index in [1.165, 1.54) is 21.4 Å². The summed E-state index contributed by atoms with van der Waals surface area (Å²) in [5, 5.41) is 3.68. The molecule has 0 aromatic carbocycles. The second-order valence-corrected chi connectivity index (χ2v) is 9.32. The second kappa shape index (κ2) is 7.60. The molecule has 1 atom stereocenters. The first kappa shape index (κ1) is 20.1. The Balaban J connectivity index is 1.48.